The molecule has 1 amide bonds. The molecule has 2 aromatic carbocycles. The van der Waals surface area contributed by atoms with Crippen LogP contribution < -0.4 is 14.8 Å². The third kappa shape index (κ3) is 5.07. The standard InChI is InChI=1S/C25H30N2O3S/c1-7-27-23(28)20(26-24(27)31)14-17-9-11-21(29-6)18(13-17)15-30-22-12-16(2)8-10-19(22)25(3,4)5/h8-14H,7,15H2,1-6H3,(H,26,31)/b20-14+. The van der Waals surface area contributed by atoms with Crippen LogP contribution in [0.3, 0.4) is 0 Å². The number of hydrogen-bond acceptors (Lipinski definition) is 4. The Hall–Kier alpha value is -2.86. The Bertz CT molecular complexity index is 1040. The van der Waals surface area contributed by atoms with Gasteiger partial charge < -0.3 is 14.8 Å². The van der Waals surface area contributed by atoms with E-state index in [1.165, 1.54) is 0 Å². The van der Waals surface area contributed by atoms with E-state index in [4.69, 9.17) is 21.7 Å². The molecule has 5 nitrogen and oxygen atoms in total. The van der Waals surface area contributed by atoms with Gasteiger partial charge in [-0.3, -0.25) is 9.69 Å². The summed E-state index contributed by atoms with van der Waals surface area (Å²) in [6.45, 7) is 11.4. The monoisotopic (exact) mass is 438 g/mol. The number of nitrogens with zero attached hydrogens (tertiary/aromatic N) is 1. The third-order valence-corrected chi connectivity index (χ3v) is 5.54. The van der Waals surface area contributed by atoms with E-state index in [9.17, 15) is 4.79 Å². The van der Waals surface area contributed by atoms with Gasteiger partial charge in [-0.05, 0) is 72.4 Å². The minimum absolute atomic E-state index is 0.0303. The molecule has 0 saturated carbocycles. The minimum Gasteiger partial charge on any atom is -0.496 e. The lowest BCUT2D eigenvalue weighted by molar-refractivity contribution is -0.122. The highest BCUT2D eigenvalue weighted by atomic mass is 32.1. The Kier molecular flexibility index (Phi) is 6.70. The van der Waals surface area contributed by atoms with Gasteiger partial charge in [0.15, 0.2) is 5.11 Å². The molecule has 0 spiro atoms. The lowest BCUT2D eigenvalue weighted by Gasteiger charge is -2.23. The van der Waals surface area contributed by atoms with Crippen molar-refractivity contribution in [2.45, 2.75) is 46.6 Å². The number of amides is 1. The molecular formula is C25H30N2O3S. The fourth-order valence-corrected chi connectivity index (χ4v) is 3.87. The second kappa shape index (κ2) is 9.10. The molecule has 0 bridgehead atoms. The van der Waals surface area contributed by atoms with Crippen molar-refractivity contribution in [1.29, 1.82) is 0 Å². The zero-order valence-electron chi connectivity index (χ0n) is 19.0. The van der Waals surface area contributed by atoms with Crippen LogP contribution in [0.5, 0.6) is 11.5 Å². The number of thiocarbonyl (C=S) groups is 1. The number of carbonyl (C=O) groups is 1. The summed E-state index contributed by atoms with van der Waals surface area (Å²) in [6.07, 6.45) is 1.81. The molecule has 3 rings (SSSR count). The normalized spacial score (nSPS) is 15.4. The van der Waals surface area contributed by atoms with Crippen molar-refractivity contribution in [3.8, 4) is 11.5 Å². The number of benzene rings is 2. The lowest BCUT2D eigenvalue weighted by Crippen LogP contribution is -2.30. The highest BCUT2D eigenvalue weighted by molar-refractivity contribution is 7.80. The Morgan fingerprint density at radius 1 is 1.13 bits per heavy atom. The molecular weight excluding hydrogens is 408 g/mol. The first-order chi connectivity index (χ1) is 14.6. The maximum atomic E-state index is 12.5. The van der Waals surface area contributed by atoms with E-state index in [0.29, 0.717) is 24.0 Å². The van der Waals surface area contributed by atoms with Crippen LogP contribution in [0.1, 0.15) is 49.9 Å². The predicted molar refractivity (Wildman–Crippen MR) is 128 cm³/mol. The van der Waals surface area contributed by atoms with Crippen molar-refractivity contribution in [3.05, 3.63) is 64.3 Å². The second-order valence-electron chi connectivity index (χ2n) is 8.65. The summed E-state index contributed by atoms with van der Waals surface area (Å²) >= 11 is 5.24. The summed E-state index contributed by atoms with van der Waals surface area (Å²) in [4.78, 5) is 14.0. The SMILES string of the molecule is CCN1C(=O)/C(=C\c2ccc(OC)c(COc3cc(C)ccc3C(C)(C)C)c2)NC1=S. The zero-order valence-corrected chi connectivity index (χ0v) is 19.9. The van der Waals surface area contributed by atoms with Crippen molar-refractivity contribution in [2.24, 2.45) is 0 Å². The Morgan fingerprint density at radius 2 is 1.87 bits per heavy atom. The highest BCUT2D eigenvalue weighted by Crippen LogP contribution is 2.33. The van der Waals surface area contributed by atoms with Crippen LogP contribution in [0.2, 0.25) is 0 Å². The molecule has 2 aromatic rings. The van der Waals surface area contributed by atoms with Crippen molar-refractivity contribution in [2.75, 3.05) is 13.7 Å². The van der Waals surface area contributed by atoms with E-state index >= 15 is 0 Å². The van der Waals surface area contributed by atoms with Gasteiger partial charge in [0.25, 0.3) is 5.91 Å². The maximum absolute atomic E-state index is 12.5. The third-order valence-electron chi connectivity index (χ3n) is 5.22. The summed E-state index contributed by atoms with van der Waals surface area (Å²) in [6, 6.07) is 12.1. The van der Waals surface area contributed by atoms with Crippen molar-refractivity contribution in [3.63, 3.8) is 0 Å². The van der Waals surface area contributed by atoms with Crippen molar-refractivity contribution < 1.29 is 14.3 Å². The molecule has 1 saturated heterocycles. The van der Waals surface area contributed by atoms with Gasteiger partial charge in [0.2, 0.25) is 0 Å². The highest BCUT2D eigenvalue weighted by Gasteiger charge is 2.29. The second-order valence-corrected chi connectivity index (χ2v) is 9.03. The Labute approximate surface area is 190 Å². The van der Waals surface area contributed by atoms with E-state index in [1.54, 1.807) is 18.1 Å². The smallest absolute Gasteiger partial charge is 0.276 e. The van der Waals surface area contributed by atoms with E-state index < -0.39 is 0 Å². The van der Waals surface area contributed by atoms with Crippen LogP contribution in [0.15, 0.2) is 42.1 Å². The average molecular weight is 439 g/mol. The molecule has 1 aliphatic heterocycles. The van der Waals surface area contributed by atoms with Crippen LogP contribution in [-0.2, 0) is 16.8 Å². The van der Waals surface area contributed by atoms with Gasteiger partial charge in [-0.25, -0.2) is 0 Å². The number of hydrogen-bond donors (Lipinski definition) is 1. The first-order valence-corrected chi connectivity index (χ1v) is 10.8. The molecule has 164 valence electrons. The molecule has 0 radical (unpaired) electrons. The van der Waals surface area contributed by atoms with Gasteiger partial charge in [-0.1, -0.05) is 39.0 Å². The average Bonchev–Trinajstić information content (AvgIpc) is 2.98. The Balaban J connectivity index is 1.88. The quantitative estimate of drug-likeness (QED) is 0.510. The fraction of sp³-hybridized carbons (Fsp3) is 0.360. The van der Waals surface area contributed by atoms with E-state index in [0.717, 1.165) is 33.8 Å². The molecule has 1 fully saturated rings. The van der Waals surface area contributed by atoms with Crippen LogP contribution in [-0.4, -0.2) is 29.6 Å². The van der Waals surface area contributed by atoms with Crippen molar-refractivity contribution >= 4 is 29.3 Å². The zero-order chi connectivity index (χ0) is 22.8. The number of nitrogens with one attached hydrogen (secondary N) is 1. The van der Waals surface area contributed by atoms with Gasteiger partial charge in [0, 0.05) is 12.1 Å². The molecule has 0 atom stereocenters. The Morgan fingerprint density at radius 3 is 2.48 bits per heavy atom. The fourth-order valence-electron chi connectivity index (χ4n) is 3.55. The molecule has 6 heteroatoms. The first-order valence-electron chi connectivity index (χ1n) is 10.4. The van der Waals surface area contributed by atoms with Gasteiger partial charge in [0.1, 0.15) is 23.8 Å². The molecule has 0 aromatic heterocycles. The summed E-state index contributed by atoms with van der Waals surface area (Å²) in [7, 11) is 1.64. The van der Waals surface area contributed by atoms with E-state index in [1.807, 2.05) is 25.1 Å². The van der Waals surface area contributed by atoms with E-state index in [2.05, 4.69) is 51.2 Å². The topological polar surface area (TPSA) is 50.8 Å². The van der Waals surface area contributed by atoms with Crippen LogP contribution >= 0.6 is 12.2 Å². The summed E-state index contributed by atoms with van der Waals surface area (Å²) in [5.41, 5.74) is 4.52. The predicted octanol–water partition coefficient (Wildman–Crippen LogP) is 4.96. The molecule has 0 unspecified atom stereocenters. The summed E-state index contributed by atoms with van der Waals surface area (Å²) in [5, 5.41) is 3.43. The molecule has 31 heavy (non-hydrogen) atoms. The first kappa shape index (κ1) is 22.8. The number of aryl methyl sites for hydroxylation is 1. The number of rotatable bonds is 6. The van der Waals surface area contributed by atoms with Crippen molar-refractivity contribution in [1.82, 2.24) is 10.2 Å². The van der Waals surface area contributed by atoms with Gasteiger partial charge in [0.05, 0.1) is 7.11 Å². The summed E-state index contributed by atoms with van der Waals surface area (Å²) < 4.78 is 11.8. The number of methoxy groups -OCH3 is 1. The van der Waals surface area contributed by atoms with E-state index in [-0.39, 0.29) is 11.3 Å². The van der Waals surface area contributed by atoms with Crippen LogP contribution in [0, 0.1) is 6.92 Å². The molecule has 1 N–H and O–H groups in total. The maximum Gasteiger partial charge on any atom is 0.276 e. The summed E-state index contributed by atoms with van der Waals surface area (Å²) in [5.74, 6) is 1.49. The minimum atomic E-state index is -0.115. The van der Waals surface area contributed by atoms with Gasteiger partial charge in [-0.15, -0.1) is 0 Å². The molecule has 1 aliphatic rings. The van der Waals surface area contributed by atoms with Crippen LogP contribution in [0.4, 0.5) is 0 Å². The molecule has 1 heterocycles. The lowest BCUT2D eigenvalue weighted by atomic mass is 9.86. The van der Waals surface area contributed by atoms with Gasteiger partial charge >= 0.3 is 0 Å². The number of ether oxygens (including phenoxy) is 2. The van der Waals surface area contributed by atoms with Gasteiger partial charge in [-0.2, -0.15) is 0 Å². The largest absolute Gasteiger partial charge is 0.496 e. The number of carbonyl (C=O) groups excluding carboxylic acids is 1. The number of likely N-dealkylation sites (N-methyl/N-ethyl adjacent to an activating group) is 1. The molecule has 0 aliphatic carbocycles. The van der Waals surface area contributed by atoms with Crippen LogP contribution in [0.25, 0.3) is 6.08 Å².